The van der Waals surface area contributed by atoms with E-state index in [1.54, 1.807) is 23.1 Å². The third-order valence-corrected chi connectivity index (χ3v) is 4.12. The summed E-state index contributed by atoms with van der Waals surface area (Å²) in [4.78, 5) is 16.3. The first kappa shape index (κ1) is 15.9. The lowest BCUT2D eigenvalue weighted by Gasteiger charge is -2.28. The van der Waals surface area contributed by atoms with Gasteiger partial charge in [-0.25, -0.2) is 4.39 Å². The first-order valence-corrected chi connectivity index (χ1v) is 7.61. The summed E-state index contributed by atoms with van der Waals surface area (Å²) >= 11 is 0. The average molecular weight is 293 g/mol. The molecule has 1 N–H and O–H groups in total. The van der Waals surface area contributed by atoms with Crippen LogP contribution >= 0.6 is 0 Å². The fourth-order valence-electron chi connectivity index (χ4n) is 2.76. The van der Waals surface area contributed by atoms with Crippen LogP contribution in [0.4, 0.5) is 4.39 Å². The molecule has 1 heterocycles. The maximum atomic E-state index is 14.0. The zero-order chi connectivity index (χ0) is 15.4. The van der Waals surface area contributed by atoms with E-state index in [0.29, 0.717) is 12.1 Å². The molecule has 1 fully saturated rings. The van der Waals surface area contributed by atoms with Crippen molar-refractivity contribution in [3.8, 4) is 0 Å². The molecule has 1 aliphatic rings. The molecule has 5 heteroatoms. The molecule has 0 bridgehead atoms. The minimum absolute atomic E-state index is 0.0374. The summed E-state index contributed by atoms with van der Waals surface area (Å²) in [7, 11) is 0. The van der Waals surface area contributed by atoms with Crippen LogP contribution in [-0.2, 0) is 4.79 Å². The Morgan fingerprint density at radius 2 is 1.95 bits per heavy atom. The number of halogens is 1. The summed E-state index contributed by atoms with van der Waals surface area (Å²) < 4.78 is 14.0. The predicted molar refractivity (Wildman–Crippen MR) is 81.2 cm³/mol. The lowest BCUT2D eigenvalue weighted by atomic mass is 10.1. The molecule has 0 radical (unpaired) electrons. The summed E-state index contributed by atoms with van der Waals surface area (Å²) in [6.45, 7) is 9.34. The van der Waals surface area contributed by atoms with E-state index in [0.717, 1.165) is 19.6 Å². The quantitative estimate of drug-likeness (QED) is 0.871. The molecule has 0 aromatic heterocycles. The van der Waals surface area contributed by atoms with Crippen molar-refractivity contribution in [1.82, 2.24) is 15.1 Å². The van der Waals surface area contributed by atoms with Gasteiger partial charge in [0, 0.05) is 18.7 Å². The molecular weight excluding hydrogens is 269 g/mol. The highest BCUT2D eigenvalue weighted by Gasteiger charge is 2.37. The highest BCUT2D eigenvalue weighted by Crippen LogP contribution is 2.26. The van der Waals surface area contributed by atoms with Crippen LogP contribution in [0.1, 0.15) is 32.5 Å². The molecule has 1 aromatic carbocycles. The Hall–Kier alpha value is -1.46. The molecule has 2 atom stereocenters. The average Bonchev–Trinajstić information content (AvgIpc) is 2.76. The number of likely N-dealkylation sites (N-methyl/N-ethyl adjacent to an activating group) is 1. The van der Waals surface area contributed by atoms with E-state index in [2.05, 4.69) is 24.1 Å². The highest BCUT2D eigenvalue weighted by atomic mass is 19.1. The molecule has 4 nitrogen and oxygen atoms in total. The number of hydrogen-bond acceptors (Lipinski definition) is 3. The van der Waals surface area contributed by atoms with E-state index in [1.165, 1.54) is 6.07 Å². The number of hydrogen-bond donors (Lipinski definition) is 1. The Labute approximate surface area is 125 Å². The number of carbonyl (C=O) groups excluding carboxylic acids is 1. The SMILES string of the molecule is CCN(CC)CCN1C(=O)C(C)NC1c1ccccc1F. The molecule has 21 heavy (non-hydrogen) atoms. The van der Waals surface area contributed by atoms with Gasteiger partial charge in [-0.15, -0.1) is 0 Å². The lowest BCUT2D eigenvalue weighted by Crippen LogP contribution is -2.38. The molecule has 0 spiro atoms. The van der Waals surface area contributed by atoms with Crippen molar-refractivity contribution < 1.29 is 9.18 Å². The van der Waals surface area contributed by atoms with Gasteiger partial charge in [0.25, 0.3) is 0 Å². The molecule has 116 valence electrons. The summed E-state index contributed by atoms with van der Waals surface area (Å²) in [5.41, 5.74) is 0.537. The molecule has 0 saturated carbocycles. The second-order valence-corrected chi connectivity index (χ2v) is 5.37. The van der Waals surface area contributed by atoms with E-state index in [1.807, 2.05) is 6.92 Å². The van der Waals surface area contributed by atoms with Crippen molar-refractivity contribution in [1.29, 1.82) is 0 Å². The predicted octanol–water partition coefficient (Wildman–Crippen LogP) is 1.99. The van der Waals surface area contributed by atoms with Gasteiger partial charge in [0.2, 0.25) is 5.91 Å². The van der Waals surface area contributed by atoms with Crippen molar-refractivity contribution in [2.24, 2.45) is 0 Å². The first-order chi connectivity index (χ1) is 10.1. The molecular formula is C16H24FN3O. The Morgan fingerprint density at radius 3 is 2.57 bits per heavy atom. The fraction of sp³-hybridized carbons (Fsp3) is 0.562. The normalized spacial score (nSPS) is 22.3. The molecule has 1 aliphatic heterocycles. The van der Waals surface area contributed by atoms with Gasteiger partial charge in [0.1, 0.15) is 12.0 Å². The molecule has 1 amide bonds. The van der Waals surface area contributed by atoms with Crippen molar-refractivity contribution in [3.63, 3.8) is 0 Å². The maximum Gasteiger partial charge on any atom is 0.241 e. The Balaban J connectivity index is 2.15. The summed E-state index contributed by atoms with van der Waals surface area (Å²) in [5, 5.41) is 3.19. The van der Waals surface area contributed by atoms with Crippen LogP contribution in [0.5, 0.6) is 0 Å². The second kappa shape index (κ2) is 7.00. The van der Waals surface area contributed by atoms with Gasteiger partial charge in [0.15, 0.2) is 0 Å². The Kier molecular flexibility index (Phi) is 5.31. The van der Waals surface area contributed by atoms with Gasteiger partial charge < -0.3 is 9.80 Å². The van der Waals surface area contributed by atoms with E-state index < -0.39 is 0 Å². The Morgan fingerprint density at radius 1 is 1.29 bits per heavy atom. The summed E-state index contributed by atoms with van der Waals surface area (Å²) in [6.07, 6.45) is -0.371. The van der Waals surface area contributed by atoms with Crippen LogP contribution in [0.3, 0.4) is 0 Å². The fourth-order valence-corrected chi connectivity index (χ4v) is 2.76. The molecule has 1 saturated heterocycles. The third-order valence-electron chi connectivity index (χ3n) is 4.12. The summed E-state index contributed by atoms with van der Waals surface area (Å²) in [6, 6.07) is 6.37. The first-order valence-electron chi connectivity index (χ1n) is 7.61. The number of benzene rings is 1. The van der Waals surface area contributed by atoms with Crippen LogP contribution in [-0.4, -0.2) is 47.9 Å². The van der Waals surface area contributed by atoms with Gasteiger partial charge >= 0.3 is 0 Å². The van der Waals surface area contributed by atoms with Crippen LogP contribution in [0.2, 0.25) is 0 Å². The number of carbonyl (C=O) groups is 1. The Bertz CT molecular complexity index is 490. The van der Waals surface area contributed by atoms with Gasteiger partial charge in [-0.3, -0.25) is 10.1 Å². The number of nitrogens with zero attached hydrogens (tertiary/aromatic N) is 2. The van der Waals surface area contributed by atoms with Crippen LogP contribution in [0, 0.1) is 5.82 Å². The lowest BCUT2D eigenvalue weighted by molar-refractivity contribution is -0.130. The molecule has 1 aromatic rings. The molecule has 2 unspecified atom stereocenters. The monoisotopic (exact) mass is 293 g/mol. The minimum Gasteiger partial charge on any atom is -0.320 e. The van der Waals surface area contributed by atoms with E-state index >= 15 is 0 Å². The van der Waals surface area contributed by atoms with E-state index in [4.69, 9.17) is 0 Å². The highest BCUT2D eigenvalue weighted by molar-refractivity contribution is 5.84. The van der Waals surface area contributed by atoms with Gasteiger partial charge in [-0.05, 0) is 26.1 Å². The van der Waals surface area contributed by atoms with Crippen molar-refractivity contribution in [2.75, 3.05) is 26.2 Å². The minimum atomic E-state index is -0.371. The molecule has 2 rings (SSSR count). The van der Waals surface area contributed by atoms with Crippen LogP contribution in [0.25, 0.3) is 0 Å². The van der Waals surface area contributed by atoms with E-state index in [9.17, 15) is 9.18 Å². The van der Waals surface area contributed by atoms with Crippen molar-refractivity contribution >= 4 is 5.91 Å². The zero-order valence-corrected chi connectivity index (χ0v) is 13.0. The summed E-state index contributed by atoms with van der Waals surface area (Å²) in [5.74, 6) is -0.236. The van der Waals surface area contributed by atoms with Gasteiger partial charge in [-0.1, -0.05) is 32.0 Å². The maximum absolute atomic E-state index is 14.0. The van der Waals surface area contributed by atoms with Gasteiger partial charge in [0.05, 0.1) is 6.04 Å². The number of rotatable bonds is 6. The number of nitrogens with one attached hydrogen (secondary N) is 1. The van der Waals surface area contributed by atoms with Crippen LogP contribution in [0.15, 0.2) is 24.3 Å². The van der Waals surface area contributed by atoms with Crippen LogP contribution < -0.4 is 5.32 Å². The third kappa shape index (κ3) is 3.41. The smallest absolute Gasteiger partial charge is 0.241 e. The van der Waals surface area contributed by atoms with Crippen molar-refractivity contribution in [3.05, 3.63) is 35.6 Å². The standard InChI is InChI=1S/C16H24FN3O/c1-4-19(5-2)10-11-20-15(18-12(3)16(20)21)13-8-6-7-9-14(13)17/h6-9,12,15,18H,4-5,10-11H2,1-3H3. The largest absolute Gasteiger partial charge is 0.320 e. The topological polar surface area (TPSA) is 35.6 Å². The van der Waals surface area contributed by atoms with E-state index in [-0.39, 0.29) is 23.9 Å². The van der Waals surface area contributed by atoms with Gasteiger partial charge in [-0.2, -0.15) is 0 Å². The molecule has 0 aliphatic carbocycles. The number of amides is 1. The zero-order valence-electron chi connectivity index (χ0n) is 13.0. The van der Waals surface area contributed by atoms with Crippen molar-refractivity contribution in [2.45, 2.75) is 33.0 Å². The second-order valence-electron chi connectivity index (χ2n) is 5.37.